The molecule has 0 heterocycles. The van der Waals surface area contributed by atoms with Crippen LogP contribution in [0, 0.1) is 6.08 Å². The van der Waals surface area contributed by atoms with Gasteiger partial charge in [0.15, 0.2) is 0 Å². The minimum absolute atomic E-state index is 0.146. The average Bonchev–Trinajstić information content (AvgIpc) is 2.03. The Kier molecular flexibility index (Phi) is 6.28. The van der Waals surface area contributed by atoms with Crippen LogP contribution in [0.1, 0.15) is 13.8 Å². The molecule has 0 saturated carbocycles. The smallest absolute Gasteiger partial charge is 0.360 e. The Morgan fingerprint density at radius 1 is 1.50 bits per heavy atom. The van der Waals surface area contributed by atoms with E-state index in [1.165, 1.54) is 13.0 Å². The fraction of sp³-hybridized carbons (Fsp3) is 0.600. The highest BCUT2D eigenvalue weighted by Crippen LogP contribution is 2.04. The van der Waals surface area contributed by atoms with E-state index < -0.39 is 0 Å². The number of ether oxygens (including phenoxy) is 1. The van der Waals surface area contributed by atoms with Gasteiger partial charge in [-0.05, 0) is 30.5 Å². The van der Waals surface area contributed by atoms with Crippen LogP contribution in [-0.2, 0) is 25.2 Å². The first kappa shape index (κ1) is 13.2. The fourth-order valence-corrected chi connectivity index (χ4v) is 1.61. The van der Waals surface area contributed by atoms with Crippen molar-refractivity contribution in [2.75, 3.05) is 19.1 Å². The number of Topliss-reactive ketones (excluding diaryl/α,β-unsaturated/α-hetero) is 1. The molecule has 0 aromatic rings. The number of esters is 1. The molecule has 0 saturated heterocycles. The molecular weight excluding hydrogens is 200 g/mol. The lowest BCUT2D eigenvalue weighted by atomic mass is 10.3. The van der Waals surface area contributed by atoms with Crippen molar-refractivity contribution in [3.05, 3.63) is 12.2 Å². The predicted octanol–water partition coefficient (Wildman–Crippen LogP) is 0.744. The Balaban J connectivity index is 4.44. The van der Waals surface area contributed by atoms with Gasteiger partial charge in [-0.25, -0.2) is 4.79 Å². The second-order valence-electron chi connectivity index (χ2n) is 2.92. The van der Waals surface area contributed by atoms with Gasteiger partial charge in [-0.3, -0.25) is 0 Å². The number of carbonyl (C=O) groups is 2. The van der Waals surface area contributed by atoms with E-state index in [2.05, 4.69) is 6.08 Å². The highest BCUT2D eigenvalue weighted by atomic mass is 32.2. The Morgan fingerprint density at radius 3 is 2.43 bits per heavy atom. The molecule has 0 rings (SSSR count). The molecule has 14 heavy (non-hydrogen) atoms. The molecule has 0 spiro atoms. The van der Waals surface area contributed by atoms with Crippen LogP contribution in [0.3, 0.4) is 0 Å². The monoisotopic (exact) mass is 216 g/mol. The second-order valence-corrected chi connectivity index (χ2v) is 5.19. The van der Waals surface area contributed by atoms with E-state index in [0.29, 0.717) is 6.61 Å². The van der Waals surface area contributed by atoms with Crippen molar-refractivity contribution in [3.8, 4) is 0 Å². The summed E-state index contributed by atoms with van der Waals surface area (Å²) >= 11 is 0. The molecule has 0 N–H and O–H groups in total. The molecule has 4 heteroatoms. The standard InChI is InChI=1S/C10H16O3S/c1-5-13-10(12)9(14(3)4)7-6-8(2)11/h7,9H,5H2,1-4H3. The average molecular weight is 216 g/mol. The van der Waals surface area contributed by atoms with Crippen LogP contribution in [0.15, 0.2) is 6.08 Å². The zero-order valence-corrected chi connectivity index (χ0v) is 9.81. The first-order valence-corrected chi connectivity index (χ1v) is 6.43. The van der Waals surface area contributed by atoms with Gasteiger partial charge >= 0.3 is 5.97 Å². The number of rotatable bonds is 5. The SMILES string of the molecule is CCOC(=O)C(C=[C-]C(C)=O)[S+](C)C. The molecule has 0 radical (unpaired) electrons. The van der Waals surface area contributed by atoms with Gasteiger partial charge in [0, 0.05) is 0 Å². The first-order chi connectivity index (χ1) is 6.49. The topological polar surface area (TPSA) is 43.4 Å². The Hall–Kier alpha value is -0.770. The van der Waals surface area contributed by atoms with Crippen molar-refractivity contribution in [1.82, 2.24) is 0 Å². The summed E-state index contributed by atoms with van der Waals surface area (Å²) in [7, 11) is -0.146. The normalized spacial score (nSPS) is 13.2. The number of allylic oxidation sites excluding steroid dienone is 1. The molecular formula is C10H16O3S. The van der Waals surface area contributed by atoms with Crippen molar-refractivity contribution in [2.45, 2.75) is 19.1 Å². The maximum absolute atomic E-state index is 11.4. The fourth-order valence-electron chi connectivity index (χ4n) is 0.814. The third kappa shape index (κ3) is 5.07. The highest BCUT2D eigenvalue weighted by Gasteiger charge is 2.25. The van der Waals surface area contributed by atoms with Crippen LogP contribution in [0.4, 0.5) is 0 Å². The van der Waals surface area contributed by atoms with Crippen LogP contribution in [0.25, 0.3) is 0 Å². The van der Waals surface area contributed by atoms with Gasteiger partial charge in [0.25, 0.3) is 0 Å². The minimum atomic E-state index is -0.348. The van der Waals surface area contributed by atoms with Gasteiger partial charge in [0.1, 0.15) is 0 Å². The number of ketones is 1. The van der Waals surface area contributed by atoms with E-state index in [1.807, 2.05) is 12.5 Å². The molecule has 0 aromatic carbocycles. The third-order valence-electron chi connectivity index (χ3n) is 1.46. The highest BCUT2D eigenvalue weighted by molar-refractivity contribution is 7.97. The Bertz CT molecular complexity index is 234. The largest absolute Gasteiger partial charge is 0.462 e. The Morgan fingerprint density at radius 2 is 2.07 bits per heavy atom. The molecule has 0 amide bonds. The van der Waals surface area contributed by atoms with Crippen LogP contribution in [0.2, 0.25) is 0 Å². The lowest BCUT2D eigenvalue weighted by molar-refractivity contribution is -0.141. The van der Waals surface area contributed by atoms with E-state index in [9.17, 15) is 9.59 Å². The zero-order valence-electron chi connectivity index (χ0n) is 8.99. The summed E-state index contributed by atoms with van der Waals surface area (Å²) in [6, 6.07) is 0. The Labute approximate surface area is 87.9 Å². The van der Waals surface area contributed by atoms with Crippen LogP contribution in [0.5, 0.6) is 0 Å². The summed E-state index contributed by atoms with van der Waals surface area (Å²) < 4.78 is 4.88. The van der Waals surface area contributed by atoms with Crippen LogP contribution < -0.4 is 0 Å². The third-order valence-corrected chi connectivity index (χ3v) is 2.81. The second kappa shape index (κ2) is 6.65. The maximum Gasteiger partial charge on any atom is 0.360 e. The quantitative estimate of drug-likeness (QED) is 0.295. The van der Waals surface area contributed by atoms with Crippen molar-refractivity contribution in [2.24, 2.45) is 0 Å². The summed E-state index contributed by atoms with van der Waals surface area (Å²) in [6.45, 7) is 3.53. The van der Waals surface area contributed by atoms with E-state index >= 15 is 0 Å². The van der Waals surface area contributed by atoms with E-state index in [0.717, 1.165) is 0 Å². The molecule has 3 nitrogen and oxygen atoms in total. The van der Waals surface area contributed by atoms with Crippen molar-refractivity contribution in [3.63, 3.8) is 0 Å². The molecule has 1 unspecified atom stereocenters. The summed E-state index contributed by atoms with van der Waals surface area (Å²) in [5, 5.41) is -0.348. The number of hydrogen-bond acceptors (Lipinski definition) is 3. The van der Waals surface area contributed by atoms with Crippen molar-refractivity contribution in [1.29, 1.82) is 0 Å². The van der Waals surface area contributed by atoms with Gasteiger partial charge < -0.3 is 15.6 Å². The van der Waals surface area contributed by atoms with E-state index in [1.54, 1.807) is 6.92 Å². The summed E-state index contributed by atoms with van der Waals surface area (Å²) in [4.78, 5) is 22.1. The predicted molar refractivity (Wildman–Crippen MR) is 58.1 cm³/mol. The zero-order chi connectivity index (χ0) is 11.1. The first-order valence-electron chi connectivity index (χ1n) is 4.32. The number of hydrogen-bond donors (Lipinski definition) is 0. The molecule has 0 aliphatic carbocycles. The van der Waals surface area contributed by atoms with Gasteiger partial charge in [0.05, 0.1) is 19.1 Å². The number of carbonyl (C=O) groups excluding carboxylic acids is 2. The molecule has 1 atom stereocenters. The molecule has 0 aromatic heterocycles. The molecule has 0 bridgehead atoms. The van der Waals surface area contributed by atoms with Crippen LogP contribution >= 0.6 is 0 Å². The van der Waals surface area contributed by atoms with Crippen LogP contribution in [-0.4, -0.2) is 36.1 Å². The molecule has 0 aliphatic heterocycles. The molecule has 80 valence electrons. The maximum atomic E-state index is 11.4. The summed E-state index contributed by atoms with van der Waals surface area (Å²) in [5.74, 6) is -0.459. The summed E-state index contributed by atoms with van der Waals surface area (Å²) in [6.07, 6.45) is 7.87. The van der Waals surface area contributed by atoms with Gasteiger partial charge in [-0.15, -0.1) is 0 Å². The van der Waals surface area contributed by atoms with Gasteiger partial charge in [-0.2, -0.15) is 6.08 Å². The van der Waals surface area contributed by atoms with E-state index in [4.69, 9.17) is 4.74 Å². The molecule has 0 fully saturated rings. The van der Waals surface area contributed by atoms with E-state index in [-0.39, 0.29) is 27.9 Å². The van der Waals surface area contributed by atoms with Crippen molar-refractivity contribution >= 4 is 22.6 Å². The van der Waals surface area contributed by atoms with Crippen molar-refractivity contribution < 1.29 is 14.3 Å². The van der Waals surface area contributed by atoms with Gasteiger partial charge in [-0.1, -0.05) is 0 Å². The van der Waals surface area contributed by atoms with Gasteiger partial charge in [0.2, 0.25) is 5.25 Å². The lowest BCUT2D eigenvalue weighted by Gasteiger charge is -2.12. The molecule has 0 aliphatic rings. The lowest BCUT2D eigenvalue weighted by Crippen LogP contribution is -2.29. The summed E-state index contributed by atoms with van der Waals surface area (Å²) in [5.41, 5.74) is 0. The minimum Gasteiger partial charge on any atom is -0.462 e.